The Labute approximate surface area is 217 Å². The van der Waals surface area contributed by atoms with E-state index in [9.17, 15) is 19.5 Å². The van der Waals surface area contributed by atoms with E-state index in [0.717, 1.165) is 17.4 Å². The molecule has 0 aliphatic heterocycles. The van der Waals surface area contributed by atoms with Gasteiger partial charge in [0.15, 0.2) is 17.1 Å². The minimum Gasteiger partial charge on any atom is -0.445 e. The number of ether oxygens (including phenoxy) is 1. The van der Waals surface area contributed by atoms with Gasteiger partial charge in [-0.05, 0) is 56.8 Å². The molecule has 0 amide bonds. The highest BCUT2D eigenvalue weighted by atomic mass is 32.1. The minimum atomic E-state index is -2.28. The van der Waals surface area contributed by atoms with Crippen LogP contribution in [0.5, 0.6) is 0 Å². The first kappa shape index (κ1) is 25.7. The molecular formula is C26H29F2NO5S2. The Hall–Kier alpha value is -1.91. The van der Waals surface area contributed by atoms with Gasteiger partial charge < -0.3 is 9.84 Å². The van der Waals surface area contributed by atoms with Crippen LogP contribution in [0.2, 0.25) is 0 Å². The van der Waals surface area contributed by atoms with Crippen LogP contribution in [0.15, 0.2) is 29.3 Å². The first-order chi connectivity index (χ1) is 16.7. The second-order valence-corrected chi connectivity index (χ2v) is 12.5. The van der Waals surface area contributed by atoms with E-state index in [1.54, 1.807) is 20.8 Å². The molecule has 194 valence electrons. The number of alkyl halides is 2. The van der Waals surface area contributed by atoms with E-state index in [2.05, 4.69) is 17.6 Å². The summed E-state index contributed by atoms with van der Waals surface area (Å²) >= 11 is 5.25. The number of halogens is 2. The lowest BCUT2D eigenvalue weighted by atomic mass is 9.44. The van der Waals surface area contributed by atoms with E-state index in [1.165, 1.54) is 24.6 Å². The van der Waals surface area contributed by atoms with Crippen molar-refractivity contribution in [2.45, 2.75) is 70.5 Å². The van der Waals surface area contributed by atoms with Crippen LogP contribution >= 0.6 is 24.0 Å². The van der Waals surface area contributed by atoms with Crippen LogP contribution in [0.4, 0.5) is 8.78 Å². The molecule has 5 rings (SSSR count). The number of ketones is 1. The molecule has 1 N–H and O–H groups in total. The Morgan fingerprint density at radius 1 is 1.28 bits per heavy atom. The summed E-state index contributed by atoms with van der Waals surface area (Å²) in [4.78, 5) is 42.8. The molecule has 1 aromatic heterocycles. The summed E-state index contributed by atoms with van der Waals surface area (Å²) in [5.41, 5.74) is -4.77. The molecule has 3 saturated carbocycles. The number of aliphatic hydroxyl groups is 1. The molecule has 0 saturated heterocycles. The highest BCUT2D eigenvalue weighted by molar-refractivity contribution is 7.96. The van der Waals surface area contributed by atoms with Crippen LogP contribution in [0.25, 0.3) is 0 Å². The predicted molar refractivity (Wildman–Crippen MR) is 132 cm³/mol. The van der Waals surface area contributed by atoms with Crippen molar-refractivity contribution in [2.75, 3.05) is 0 Å². The number of rotatable bonds is 3. The van der Waals surface area contributed by atoms with Gasteiger partial charge >= 0.3 is 5.97 Å². The fourth-order valence-corrected chi connectivity index (χ4v) is 9.13. The van der Waals surface area contributed by atoms with Crippen molar-refractivity contribution >= 4 is 40.8 Å². The Bertz CT molecular complexity index is 1230. The van der Waals surface area contributed by atoms with Crippen LogP contribution in [0, 0.1) is 35.5 Å². The number of hydrogen-bond donors (Lipinski definition) is 2. The fourth-order valence-electron chi connectivity index (χ4n) is 7.93. The molecule has 3 fully saturated rings. The Balaban J connectivity index is 1.62. The van der Waals surface area contributed by atoms with Crippen LogP contribution in [0.3, 0.4) is 0 Å². The number of carbonyl (C=O) groups excluding carboxylic acids is 3. The molecule has 4 aliphatic carbocycles. The monoisotopic (exact) mass is 537 g/mol. The summed E-state index contributed by atoms with van der Waals surface area (Å²) in [6, 6.07) is 0. The molecule has 6 nitrogen and oxygen atoms in total. The standard InChI is InChI=1S/C26H29F2NO5S2/c1-12-7-15-16-9-18(27)17-8-14(30)5-6-23(17,3)25(16,28)19(31)10-24(15,4)26(12,22(33)35)34-21(32)20-13(2)29-11-36-20/h5-6,8,11-12,15-16,18-19,31H,7,9-10H2,1-4H3,(H,33,35)/t12-,15+,16+,18+,19+,23+,24+,25+,26+/m1/s1. The molecule has 4 aliphatic rings. The number of thiol groups is 1. The van der Waals surface area contributed by atoms with Crippen molar-refractivity contribution in [3.8, 4) is 0 Å². The number of aryl methyl sites for hydroxylation is 1. The van der Waals surface area contributed by atoms with Crippen molar-refractivity contribution in [1.29, 1.82) is 0 Å². The Kier molecular flexibility index (Phi) is 5.75. The van der Waals surface area contributed by atoms with E-state index in [-0.39, 0.29) is 29.7 Å². The number of allylic oxidation sites excluding steroid dienone is 4. The number of thiazole rings is 1. The third kappa shape index (κ3) is 2.98. The molecule has 0 bridgehead atoms. The van der Waals surface area contributed by atoms with Crippen molar-refractivity contribution in [3.05, 3.63) is 39.9 Å². The molecule has 36 heavy (non-hydrogen) atoms. The van der Waals surface area contributed by atoms with E-state index in [0.29, 0.717) is 5.69 Å². The number of esters is 1. The fraction of sp³-hybridized carbons (Fsp3) is 0.615. The number of nitrogens with zero attached hydrogens (tertiary/aromatic N) is 1. The molecule has 0 unspecified atom stereocenters. The van der Waals surface area contributed by atoms with Crippen molar-refractivity contribution < 1.29 is 33.0 Å². The van der Waals surface area contributed by atoms with Gasteiger partial charge in [0.1, 0.15) is 11.0 Å². The maximum atomic E-state index is 17.3. The van der Waals surface area contributed by atoms with Gasteiger partial charge in [-0.2, -0.15) is 0 Å². The smallest absolute Gasteiger partial charge is 0.351 e. The largest absolute Gasteiger partial charge is 0.445 e. The summed E-state index contributed by atoms with van der Waals surface area (Å²) in [6.45, 7) is 6.64. The average molecular weight is 538 g/mol. The van der Waals surface area contributed by atoms with Crippen LogP contribution in [-0.4, -0.2) is 50.5 Å². The second kappa shape index (κ2) is 8.04. The molecule has 0 radical (unpaired) electrons. The number of carbonyl (C=O) groups is 3. The lowest BCUT2D eigenvalue weighted by Crippen LogP contribution is -2.70. The molecule has 10 heteroatoms. The van der Waals surface area contributed by atoms with E-state index in [4.69, 9.17) is 4.74 Å². The summed E-state index contributed by atoms with van der Waals surface area (Å²) in [5, 5.41) is 10.8. The van der Waals surface area contributed by atoms with Gasteiger partial charge in [0.25, 0.3) is 0 Å². The van der Waals surface area contributed by atoms with Gasteiger partial charge in [0.2, 0.25) is 5.12 Å². The van der Waals surface area contributed by atoms with Gasteiger partial charge in [0.05, 0.1) is 17.3 Å². The van der Waals surface area contributed by atoms with E-state index in [1.807, 2.05) is 0 Å². The lowest BCUT2D eigenvalue weighted by Gasteiger charge is -2.63. The van der Waals surface area contributed by atoms with Crippen molar-refractivity contribution in [2.24, 2.45) is 28.6 Å². The highest BCUT2D eigenvalue weighted by Gasteiger charge is 2.78. The highest BCUT2D eigenvalue weighted by Crippen LogP contribution is 2.71. The topological polar surface area (TPSA) is 93.6 Å². The zero-order chi connectivity index (χ0) is 26.4. The molecule has 0 aromatic carbocycles. The van der Waals surface area contributed by atoms with Crippen LogP contribution < -0.4 is 0 Å². The van der Waals surface area contributed by atoms with Crippen LogP contribution in [0.1, 0.15) is 55.4 Å². The minimum absolute atomic E-state index is 0.0334. The number of hydrogen-bond acceptors (Lipinski definition) is 7. The first-order valence-corrected chi connectivity index (χ1v) is 13.4. The average Bonchev–Trinajstić information content (AvgIpc) is 3.32. The zero-order valence-electron chi connectivity index (χ0n) is 20.5. The van der Waals surface area contributed by atoms with Crippen LogP contribution in [-0.2, 0) is 14.3 Å². The maximum absolute atomic E-state index is 17.3. The van der Waals surface area contributed by atoms with Gasteiger partial charge in [-0.15, -0.1) is 24.0 Å². The third-order valence-corrected chi connectivity index (χ3v) is 10.9. The summed E-state index contributed by atoms with van der Waals surface area (Å²) in [5.74, 6) is -3.27. The summed E-state index contributed by atoms with van der Waals surface area (Å²) < 4.78 is 38.9. The second-order valence-electron chi connectivity index (χ2n) is 11.2. The normalized spacial score (nSPS) is 45.4. The number of fused-ring (bicyclic) bond motifs is 5. The molecule has 1 aromatic rings. The van der Waals surface area contributed by atoms with Crippen molar-refractivity contribution in [1.82, 2.24) is 4.98 Å². The van der Waals surface area contributed by atoms with Gasteiger partial charge in [-0.1, -0.05) is 19.9 Å². The Morgan fingerprint density at radius 3 is 2.58 bits per heavy atom. The summed E-state index contributed by atoms with van der Waals surface area (Å²) in [7, 11) is 0. The van der Waals surface area contributed by atoms with Crippen molar-refractivity contribution in [3.63, 3.8) is 0 Å². The molecule has 0 spiro atoms. The lowest BCUT2D eigenvalue weighted by molar-refractivity contribution is -0.221. The third-order valence-electron chi connectivity index (χ3n) is 9.67. The molecule has 9 atom stereocenters. The first-order valence-electron chi connectivity index (χ1n) is 12.1. The number of aliphatic hydroxyl groups excluding tert-OH is 1. The van der Waals surface area contributed by atoms with Gasteiger partial charge in [-0.3, -0.25) is 9.59 Å². The predicted octanol–water partition coefficient (Wildman–Crippen LogP) is 4.37. The molecule has 1 heterocycles. The van der Waals surface area contributed by atoms with Gasteiger partial charge in [0, 0.05) is 22.7 Å². The maximum Gasteiger partial charge on any atom is 0.351 e. The quantitative estimate of drug-likeness (QED) is 0.440. The summed E-state index contributed by atoms with van der Waals surface area (Å²) in [6.07, 6.45) is 0.372. The number of aromatic nitrogens is 1. The molecular weight excluding hydrogens is 508 g/mol. The van der Waals surface area contributed by atoms with E-state index < -0.39 is 69.0 Å². The zero-order valence-corrected chi connectivity index (χ0v) is 22.2. The van der Waals surface area contributed by atoms with Gasteiger partial charge in [-0.25, -0.2) is 18.6 Å². The SMILES string of the molecule is Cc1ncsc1C(=O)O[C@]1(C(=O)S)[C@H](C)C[C@H]2[C@@H]3C[C@H](F)C4=CC(=O)C=C[C@]4(C)[C@@]3(F)[C@@H](O)C[C@@]21C. The van der Waals surface area contributed by atoms with E-state index >= 15 is 8.78 Å². The Morgan fingerprint density at radius 2 is 1.97 bits per heavy atom.